The van der Waals surface area contributed by atoms with E-state index in [0.29, 0.717) is 11.3 Å². The van der Waals surface area contributed by atoms with Crippen molar-refractivity contribution in [2.75, 3.05) is 0 Å². The number of rotatable bonds is 3. The van der Waals surface area contributed by atoms with Gasteiger partial charge in [-0.3, -0.25) is 0 Å². The number of nitrogens with zero attached hydrogens (tertiary/aromatic N) is 3. The third-order valence-corrected chi connectivity index (χ3v) is 2.51. The van der Waals surface area contributed by atoms with E-state index in [1.165, 1.54) is 19.2 Å². The van der Waals surface area contributed by atoms with Crippen molar-refractivity contribution in [1.82, 2.24) is 15.0 Å². The lowest BCUT2D eigenvalue weighted by molar-refractivity contribution is -0.140. The van der Waals surface area contributed by atoms with Gasteiger partial charge in [-0.05, 0) is 25.1 Å². The highest BCUT2D eigenvalue weighted by molar-refractivity contribution is 5.72. The van der Waals surface area contributed by atoms with Gasteiger partial charge in [-0.25, -0.2) is 18.3 Å². The molecule has 0 radical (unpaired) electrons. The molecule has 0 amide bonds. The third-order valence-electron chi connectivity index (χ3n) is 2.51. The van der Waals surface area contributed by atoms with Crippen molar-refractivity contribution in [2.24, 2.45) is 0 Å². The number of hydrogen-bond donors (Lipinski definition) is 1. The van der Waals surface area contributed by atoms with E-state index in [-0.39, 0.29) is 0 Å². The number of carbonyl (C=O) groups is 1. The van der Waals surface area contributed by atoms with E-state index < -0.39 is 23.6 Å². The van der Waals surface area contributed by atoms with Gasteiger partial charge in [0.25, 0.3) is 0 Å². The zero-order valence-electron chi connectivity index (χ0n) is 9.34. The fourth-order valence-electron chi connectivity index (χ4n) is 1.50. The molecule has 1 unspecified atom stereocenters. The van der Waals surface area contributed by atoms with Crippen LogP contribution >= 0.6 is 0 Å². The van der Waals surface area contributed by atoms with Crippen LogP contribution in [0.3, 0.4) is 0 Å². The minimum absolute atomic E-state index is 0.309. The fraction of sp³-hybridized carbons (Fsp3) is 0.182. The van der Waals surface area contributed by atoms with Crippen molar-refractivity contribution in [3.8, 4) is 11.3 Å². The molecule has 1 aromatic heterocycles. The summed E-state index contributed by atoms with van der Waals surface area (Å²) >= 11 is 0. The summed E-state index contributed by atoms with van der Waals surface area (Å²) in [5.74, 6) is -3.07. The molecule has 1 atom stereocenters. The van der Waals surface area contributed by atoms with Gasteiger partial charge in [-0.2, -0.15) is 0 Å². The molecule has 0 saturated carbocycles. The smallest absolute Gasteiger partial charge is 0.328 e. The van der Waals surface area contributed by atoms with Gasteiger partial charge in [0.15, 0.2) is 11.6 Å². The molecule has 5 nitrogen and oxygen atoms in total. The first-order valence-electron chi connectivity index (χ1n) is 5.09. The van der Waals surface area contributed by atoms with E-state index >= 15 is 0 Å². The Morgan fingerprint density at radius 1 is 1.39 bits per heavy atom. The first-order chi connectivity index (χ1) is 8.50. The topological polar surface area (TPSA) is 68.0 Å². The van der Waals surface area contributed by atoms with Crippen LogP contribution in [0.4, 0.5) is 8.78 Å². The van der Waals surface area contributed by atoms with Crippen molar-refractivity contribution < 1.29 is 18.7 Å². The summed E-state index contributed by atoms with van der Waals surface area (Å²) in [5, 5.41) is 16.1. The molecule has 94 valence electrons. The highest BCUT2D eigenvalue weighted by Crippen LogP contribution is 2.23. The molecule has 0 bridgehead atoms. The minimum Gasteiger partial charge on any atom is -0.480 e. The molecular weight excluding hydrogens is 244 g/mol. The Bertz CT molecular complexity index is 598. The van der Waals surface area contributed by atoms with Gasteiger partial charge in [-0.15, -0.1) is 5.10 Å². The molecule has 0 saturated heterocycles. The lowest BCUT2D eigenvalue weighted by atomic mass is 10.1. The Morgan fingerprint density at radius 2 is 2.11 bits per heavy atom. The lowest BCUT2D eigenvalue weighted by Gasteiger charge is -2.10. The van der Waals surface area contributed by atoms with E-state index in [1.54, 1.807) is 0 Å². The van der Waals surface area contributed by atoms with Gasteiger partial charge in [0.1, 0.15) is 6.04 Å². The Balaban J connectivity index is 2.48. The first-order valence-corrected chi connectivity index (χ1v) is 5.09. The predicted octanol–water partition coefficient (Wildman–Crippen LogP) is 1.87. The van der Waals surface area contributed by atoms with E-state index in [0.717, 1.165) is 16.8 Å². The van der Waals surface area contributed by atoms with E-state index in [4.69, 9.17) is 5.11 Å². The Kier molecular flexibility index (Phi) is 3.05. The van der Waals surface area contributed by atoms with Crippen LogP contribution in [0, 0.1) is 11.6 Å². The standard InChI is InChI=1S/C11H9F2N3O2/c1-6(11(17)18)16-10(5-14-15-16)7-2-3-8(12)9(13)4-7/h2-6H,1H3,(H,17,18). The van der Waals surface area contributed by atoms with Crippen molar-refractivity contribution in [1.29, 1.82) is 0 Å². The summed E-state index contributed by atoms with van der Waals surface area (Å²) in [6, 6.07) is 2.32. The van der Waals surface area contributed by atoms with Crippen molar-refractivity contribution in [3.63, 3.8) is 0 Å². The molecule has 1 aromatic carbocycles. The molecule has 18 heavy (non-hydrogen) atoms. The summed E-state index contributed by atoms with van der Waals surface area (Å²) in [5.41, 5.74) is 0.621. The molecule has 7 heteroatoms. The molecule has 2 aromatic rings. The second-order valence-electron chi connectivity index (χ2n) is 3.71. The minimum atomic E-state index is -1.09. The van der Waals surface area contributed by atoms with Gasteiger partial charge >= 0.3 is 5.97 Å². The second-order valence-corrected chi connectivity index (χ2v) is 3.71. The van der Waals surface area contributed by atoms with Crippen LogP contribution in [0.1, 0.15) is 13.0 Å². The summed E-state index contributed by atoms with van der Waals surface area (Å²) in [4.78, 5) is 10.9. The van der Waals surface area contributed by atoms with Crippen LogP contribution < -0.4 is 0 Å². The average molecular weight is 253 g/mol. The molecule has 1 N–H and O–H groups in total. The first kappa shape index (κ1) is 12.2. The Morgan fingerprint density at radius 3 is 2.72 bits per heavy atom. The maximum absolute atomic E-state index is 13.1. The molecular formula is C11H9F2N3O2. The largest absolute Gasteiger partial charge is 0.480 e. The maximum Gasteiger partial charge on any atom is 0.328 e. The molecule has 0 spiro atoms. The zero-order chi connectivity index (χ0) is 13.3. The number of carboxylic acid groups (broad SMARTS) is 1. The van der Waals surface area contributed by atoms with Crippen LogP contribution in [0.5, 0.6) is 0 Å². The molecule has 1 heterocycles. The third kappa shape index (κ3) is 2.06. The summed E-state index contributed by atoms with van der Waals surface area (Å²) < 4.78 is 27.1. The van der Waals surface area contributed by atoms with Crippen molar-refractivity contribution in [2.45, 2.75) is 13.0 Å². The predicted molar refractivity (Wildman–Crippen MR) is 57.7 cm³/mol. The van der Waals surface area contributed by atoms with Gasteiger partial charge < -0.3 is 5.11 Å². The molecule has 0 aliphatic carbocycles. The molecule has 2 rings (SSSR count). The Hall–Kier alpha value is -2.31. The van der Waals surface area contributed by atoms with E-state index in [1.807, 2.05) is 0 Å². The van der Waals surface area contributed by atoms with Crippen LogP contribution in [-0.2, 0) is 4.79 Å². The van der Waals surface area contributed by atoms with Crippen LogP contribution in [0.25, 0.3) is 11.3 Å². The quantitative estimate of drug-likeness (QED) is 0.906. The van der Waals surface area contributed by atoms with E-state index in [9.17, 15) is 13.6 Å². The van der Waals surface area contributed by atoms with E-state index in [2.05, 4.69) is 10.3 Å². The fourth-order valence-corrected chi connectivity index (χ4v) is 1.50. The SMILES string of the molecule is CC(C(=O)O)n1nncc1-c1ccc(F)c(F)c1. The number of halogens is 2. The highest BCUT2D eigenvalue weighted by atomic mass is 19.2. The Labute approximate surface area is 101 Å². The van der Waals surface area contributed by atoms with Crippen LogP contribution in [0.15, 0.2) is 24.4 Å². The number of aromatic nitrogens is 3. The average Bonchev–Trinajstić information content (AvgIpc) is 2.80. The lowest BCUT2D eigenvalue weighted by Crippen LogP contribution is -2.17. The molecule has 0 fully saturated rings. The monoisotopic (exact) mass is 253 g/mol. The normalized spacial score (nSPS) is 12.4. The summed E-state index contributed by atoms with van der Waals surface area (Å²) in [7, 11) is 0. The van der Waals surface area contributed by atoms with Gasteiger partial charge in [0.2, 0.25) is 0 Å². The van der Waals surface area contributed by atoms with Crippen molar-refractivity contribution in [3.05, 3.63) is 36.0 Å². The summed E-state index contributed by atoms with van der Waals surface area (Å²) in [6.07, 6.45) is 1.30. The maximum atomic E-state index is 13.1. The number of carboxylic acids is 1. The number of hydrogen-bond acceptors (Lipinski definition) is 3. The van der Waals surface area contributed by atoms with Gasteiger partial charge in [0, 0.05) is 5.56 Å². The summed E-state index contributed by atoms with van der Waals surface area (Å²) in [6.45, 7) is 1.42. The number of benzene rings is 1. The molecule has 0 aliphatic heterocycles. The number of aliphatic carboxylic acids is 1. The second kappa shape index (κ2) is 4.52. The van der Waals surface area contributed by atoms with Crippen LogP contribution in [-0.4, -0.2) is 26.1 Å². The molecule has 0 aliphatic rings. The van der Waals surface area contributed by atoms with Gasteiger partial charge in [-0.1, -0.05) is 5.21 Å². The zero-order valence-corrected chi connectivity index (χ0v) is 9.34. The highest BCUT2D eigenvalue weighted by Gasteiger charge is 2.19. The van der Waals surface area contributed by atoms with Gasteiger partial charge in [0.05, 0.1) is 11.9 Å². The van der Waals surface area contributed by atoms with Crippen LogP contribution in [0.2, 0.25) is 0 Å². The van der Waals surface area contributed by atoms with Crippen molar-refractivity contribution >= 4 is 5.97 Å².